The van der Waals surface area contributed by atoms with E-state index < -0.39 is 11.1 Å². The molecule has 372 valence electrons. The van der Waals surface area contributed by atoms with Crippen LogP contribution in [0.3, 0.4) is 0 Å². The van der Waals surface area contributed by atoms with Gasteiger partial charge in [-0.1, -0.05) is 244 Å². The largest absolute Gasteiger partial charge is 0.462 e. The fourth-order valence-electron chi connectivity index (χ4n) is 10.7. The van der Waals surface area contributed by atoms with Crippen molar-refractivity contribution in [1.82, 2.24) is 0 Å². The molecule has 66 heavy (non-hydrogen) atoms. The summed E-state index contributed by atoms with van der Waals surface area (Å²) in [6.07, 6.45) is 50.7. The Morgan fingerprint density at radius 2 is 1.03 bits per heavy atom. The van der Waals surface area contributed by atoms with Gasteiger partial charge in [0.1, 0.15) is 12.4 Å². The van der Waals surface area contributed by atoms with Crippen LogP contribution in [-0.4, -0.2) is 23.2 Å². The van der Waals surface area contributed by atoms with Gasteiger partial charge in [0.05, 0.1) is 10.3 Å². The van der Waals surface area contributed by atoms with Crippen molar-refractivity contribution in [2.24, 2.45) is 0 Å². The van der Waals surface area contributed by atoms with Gasteiger partial charge in [-0.25, -0.2) is 0 Å². The van der Waals surface area contributed by atoms with Gasteiger partial charge in [-0.2, -0.15) is 0 Å². The number of rotatable bonds is 40. The number of hydrogen-bond donors (Lipinski definition) is 0. The van der Waals surface area contributed by atoms with Gasteiger partial charge in [0, 0.05) is 41.9 Å². The average molecular weight is 913 g/mol. The lowest BCUT2D eigenvalue weighted by molar-refractivity contribution is -0.385. The molecule has 0 saturated carbocycles. The molecule has 2 aromatic rings. The average Bonchev–Trinajstić information content (AvgIpc) is 3.49. The van der Waals surface area contributed by atoms with Crippen molar-refractivity contribution in [3.63, 3.8) is 0 Å². The third-order valence-electron chi connectivity index (χ3n) is 14.9. The van der Waals surface area contributed by atoms with Gasteiger partial charge >= 0.3 is 5.97 Å². The number of anilines is 1. The van der Waals surface area contributed by atoms with E-state index in [-0.39, 0.29) is 23.2 Å². The fraction of sp³-hybridized carbons (Fsp3) is 0.746. The molecule has 2 heterocycles. The van der Waals surface area contributed by atoms with Crippen molar-refractivity contribution >= 4 is 23.4 Å². The molecule has 0 fully saturated rings. The molecule has 2 aliphatic rings. The molecule has 0 aromatic heterocycles. The first-order chi connectivity index (χ1) is 32.2. The van der Waals surface area contributed by atoms with Crippen molar-refractivity contribution in [3.8, 4) is 5.75 Å². The van der Waals surface area contributed by atoms with Crippen molar-refractivity contribution in [2.75, 3.05) is 11.4 Å². The zero-order chi connectivity index (χ0) is 47.1. The highest BCUT2D eigenvalue weighted by Gasteiger charge is 2.58. The summed E-state index contributed by atoms with van der Waals surface area (Å²) >= 11 is 0. The first kappa shape index (κ1) is 55.2. The molecule has 4 rings (SSSR count). The van der Waals surface area contributed by atoms with Crippen molar-refractivity contribution in [3.05, 3.63) is 69.3 Å². The van der Waals surface area contributed by atoms with Crippen LogP contribution in [0.1, 0.15) is 276 Å². The Bertz CT molecular complexity index is 1670. The number of carbonyl (C=O) groups excluding carboxylic acids is 1. The van der Waals surface area contributed by atoms with Gasteiger partial charge in [-0.15, -0.1) is 0 Å². The Labute approximate surface area is 404 Å². The van der Waals surface area contributed by atoms with Crippen molar-refractivity contribution < 1.29 is 19.2 Å². The highest BCUT2D eigenvalue weighted by molar-refractivity contribution is 5.74. The summed E-state index contributed by atoms with van der Waals surface area (Å²) in [5.74, 6) is 0.305. The Hall–Kier alpha value is -3.35. The van der Waals surface area contributed by atoms with E-state index >= 15 is 0 Å². The van der Waals surface area contributed by atoms with E-state index in [4.69, 9.17) is 9.47 Å². The molecule has 0 amide bonds. The number of nitro groups is 1. The molecule has 1 atom stereocenters. The van der Waals surface area contributed by atoms with Gasteiger partial charge in [0.15, 0.2) is 0 Å². The number of benzene rings is 2. The first-order valence-electron chi connectivity index (χ1n) is 28.0. The third kappa shape index (κ3) is 18.6. The summed E-state index contributed by atoms with van der Waals surface area (Å²) in [7, 11) is 0. The topological polar surface area (TPSA) is 81.9 Å². The molecule has 7 nitrogen and oxygen atoms in total. The van der Waals surface area contributed by atoms with Crippen molar-refractivity contribution in [1.29, 1.82) is 0 Å². The number of hydrogen-bond acceptors (Lipinski definition) is 6. The van der Waals surface area contributed by atoms with Crippen LogP contribution in [0.2, 0.25) is 0 Å². The molecule has 0 aliphatic carbocycles. The van der Waals surface area contributed by atoms with E-state index in [1.807, 2.05) is 6.08 Å². The quantitative estimate of drug-likeness (QED) is 0.0287. The maximum Gasteiger partial charge on any atom is 0.306 e. The van der Waals surface area contributed by atoms with Crippen LogP contribution in [-0.2, 0) is 21.6 Å². The van der Waals surface area contributed by atoms with E-state index in [1.54, 1.807) is 6.07 Å². The van der Waals surface area contributed by atoms with Crippen LogP contribution >= 0.6 is 0 Å². The molecule has 2 aliphatic heterocycles. The highest BCUT2D eigenvalue weighted by atomic mass is 16.6. The Balaban J connectivity index is 1.17. The number of esters is 1. The smallest absolute Gasteiger partial charge is 0.306 e. The van der Waals surface area contributed by atoms with E-state index in [1.165, 1.54) is 216 Å². The number of nitrogens with zero attached hydrogens (tertiary/aromatic N) is 2. The minimum Gasteiger partial charge on any atom is -0.462 e. The number of non-ortho nitro benzene ring substituents is 1. The predicted molar refractivity (Wildman–Crippen MR) is 280 cm³/mol. The fourth-order valence-corrected chi connectivity index (χ4v) is 10.7. The summed E-state index contributed by atoms with van der Waals surface area (Å²) < 4.78 is 13.0. The SMILES string of the molecule is CCCCCCCCCCCCCCCCCCCCCC(=O)OCc1cc([N+](=O)[O-])cc2c1OC1(C=C2)N(CCCCCCCCCCCCCCCCCC)c2ccccc2C1(C)C. The van der Waals surface area contributed by atoms with Gasteiger partial charge in [0.25, 0.3) is 5.69 Å². The summed E-state index contributed by atoms with van der Waals surface area (Å²) in [5.41, 5.74) is 2.31. The second-order valence-electron chi connectivity index (χ2n) is 20.8. The number of fused-ring (bicyclic) bond motifs is 2. The zero-order valence-corrected chi connectivity index (χ0v) is 42.9. The monoisotopic (exact) mass is 913 g/mol. The number of para-hydroxylation sites is 1. The molecule has 0 saturated heterocycles. The molecular formula is C59H96N2O5. The molecule has 0 N–H and O–H groups in total. The summed E-state index contributed by atoms with van der Waals surface area (Å²) in [5, 5.41) is 12.1. The number of nitro benzene ring substituents is 1. The summed E-state index contributed by atoms with van der Waals surface area (Å²) in [6, 6.07) is 11.7. The van der Waals surface area contributed by atoms with Crippen LogP contribution in [0, 0.1) is 10.1 Å². The number of ether oxygens (including phenoxy) is 2. The van der Waals surface area contributed by atoms with Gasteiger partial charge in [-0.3, -0.25) is 14.9 Å². The van der Waals surface area contributed by atoms with Gasteiger partial charge in [0.2, 0.25) is 5.72 Å². The molecule has 0 radical (unpaired) electrons. The van der Waals surface area contributed by atoms with Crippen LogP contribution < -0.4 is 9.64 Å². The van der Waals surface area contributed by atoms with E-state index in [2.05, 4.69) is 62.9 Å². The Morgan fingerprint density at radius 1 is 0.606 bits per heavy atom. The zero-order valence-electron chi connectivity index (χ0n) is 42.9. The molecular weight excluding hydrogens is 817 g/mol. The Kier molecular flexibility index (Phi) is 27.1. The van der Waals surface area contributed by atoms with Crippen LogP contribution in [0.5, 0.6) is 5.75 Å². The predicted octanol–water partition coefficient (Wildman–Crippen LogP) is 18.6. The third-order valence-corrected chi connectivity index (χ3v) is 14.9. The van der Waals surface area contributed by atoms with Crippen molar-refractivity contribution in [2.45, 2.75) is 277 Å². The number of carbonyl (C=O) groups is 1. The van der Waals surface area contributed by atoms with Gasteiger partial charge in [-0.05, 0) is 50.5 Å². The van der Waals surface area contributed by atoms with E-state index in [0.29, 0.717) is 23.3 Å². The summed E-state index contributed by atoms with van der Waals surface area (Å²) in [6.45, 7) is 9.83. The maximum absolute atomic E-state index is 13.0. The lowest BCUT2D eigenvalue weighted by Crippen LogP contribution is -2.59. The molecule has 7 heteroatoms. The van der Waals surface area contributed by atoms with Gasteiger partial charge < -0.3 is 14.4 Å². The van der Waals surface area contributed by atoms with Crippen LogP contribution in [0.15, 0.2) is 42.5 Å². The maximum atomic E-state index is 13.0. The standard InChI is InChI=1S/C59H96N2O5/c1-5-7-9-11-13-15-17-19-21-23-24-25-26-28-30-32-34-36-38-44-56(62)65-50-52-49-53(61(63)64)48-51-45-46-59(66-57(51)52)58(3,4)54-42-39-40-43-55(54)60(59)47-41-37-35-33-31-29-27-22-20-18-16-14-12-10-8-6-2/h39-40,42-43,45-46,48-49H,5-38,41,44,47,50H2,1-4H3. The lowest BCUT2D eigenvalue weighted by atomic mass is 9.76. The van der Waals surface area contributed by atoms with E-state index in [0.717, 1.165) is 32.2 Å². The minimum atomic E-state index is -0.833. The first-order valence-corrected chi connectivity index (χ1v) is 28.0. The van der Waals surface area contributed by atoms with E-state index in [9.17, 15) is 14.9 Å². The second-order valence-corrected chi connectivity index (χ2v) is 20.8. The minimum absolute atomic E-state index is 0.0261. The van der Waals surface area contributed by atoms with Crippen LogP contribution in [0.4, 0.5) is 11.4 Å². The van der Waals surface area contributed by atoms with Crippen LogP contribution in [0.25, 0.3) is 6.08 Å². The normalized spacial score (nSPS) is 15.8. The second kappa shape index (κ2) is 32.4. The molecule has 0 bridgehead atoms. The Morgan fingerprint density at radius 3 is 1.48 bits per heavy atom. The molecule has 1 spiro atoms. The number of unbranched alkanes of at least 4 members (excludes halogenated alkanes) is 33. The molecule has 2 aromatic carbocycles. The highest BCUT2D eigenvalue weighted by Crippen LogP contribution is 2.55. The summed E-state index contributed by atoms with van der Waals surface area (Å²) in [4.78, 5) is 27.2. The lowest BCUT2D eigenvalue weighted by Gasteiger charge is -2.47. The molecule has 1 unspecified atom stereocenters.